The van der Waals surface area contributed by atoms with E-state index in [-0.39, 0.29) is 12.3 Å². The summed E-state index contributed by atoms with van der Waals surface area (Å²) in [6, 6.07) is 11.4. The predicted octanol–water partition coefficient (Wildman–Crippen LogP) is 4.88. The number of rotatable bonds is 2. The number of fused-ring (bicyclic) bond motifs is 1. The minimum atomic E-state index is -0.120. The van der Waals surface area contributed by atoms with Gasteiger partial charge in [-0.15, -0.1) is 0 Å². The van der Waals surface area contributed by atoms with Gasteiger partial charge in [-0.05, 0) is 55.8 Å². The number of halogens is 1. The third-order valence-electron chi connectivity index (χ3n) is 4.42. The van der Waals surface area contributed by atoms with Gasteiger partial charge in [0.05, 0.1) is 29.2 Å². The van der Waals surface area contributed by atoms with E-state index in [4.69, 9.17) is 16.6 Å². The van der Waals surface area contributed by atoms with E-state index in [0.717, 1.165) is 28.1 Å². The number of hydrogen-bond donors (Lipinski definition) is 1. The van der Waals surface area contributed by atoms with Gasteiger partial charge in [-0.3, -0.25) is 19.8 Å². The molecule has 6 heteroatoms. The minimum Gasteiger partial charge on any atom is -0.324 e. The van der Waals surface area contributed by atoms with Gasteiger partial charge >= 0.3 is 0 Å². The van der Waals surface area contributed by atoms with Crippen LogP contribution >= 0.6 is 11.6 Å². The quantitative estimate of drug-likeness (QED) is 0.693. The zero-order valence-electron chi connectivity index (χ0n) is 15.0. The molecule has 27 heavy (non-hydrogen) atoms. The molecule has 4 rings (SSSR count). The van der Waals surface area contributed by atoms with Crippen LogP contribution in [0.4, 0.5) is 11.4 Å². The summed E-state index contributed by atoms with van der Waals surface area (Å²) < 4.78 is 0. The van der Waals surface area contributed by atoms with Gasteiger partial charge in [0, 0.05) is 34.2 Å². The van der Waals surface area contributed by atoms with Crippen LogP contribution in [0.25, 0.3) is 11.3 Å². The van der Waals surface area contributed by atoms with Crippen LogP contribution in [0, 0.1) is 13.8 Å². The number of nitrogens with one attached hydrogen (secondary N) is 1. The summed E-state index contributed by atoms with van der Waals surface area (Å²) in [6.07, 6.45) is 3.68. The van der Waals surface area contributed by atoms with E-state index < -0.39 is 0 Å². The third-order valence-corrected chi connectivity index (χ3v) is 4.83. The summed E-state index contributed by atoms with van der Waals surface area (Å²) in [5, 5.41) is 3.49. The smallest absolute Gasteiger partial charge is 0.230 e. The van der Waals surface area contributed by atoms with Gasteiger partial charge in [0.1, 0.15) is 0 Å². The Morgan fingerprint density at radius 3 is 2.59 bits per heavy atom. The van der Waals surface area contributed by atoms with Crippen LogP contribution in [0.2, 0.25) is 5.02 Å². The van der Waals surface area contributed by atoms with Gasteiger partial charge in [0.2, 0.25) is 5.91 Å². The SMILES string of the molecule is Cc1cc(-c2cc(C3=Nc4cc(C)c(Cl)cc4NC(=O)C3)ccn2)ccn1. The van der Waals surface area contributed by atoms with Gasteiger partial charge in [-0.25, -0.2) is 0 Å². The van der Waals surface area contributed by atoms with E-state index >= 15 is 0 Å². The molecule has 134 valence electrons. The first-order chi connectivity index (χ1) is 13.0. The number of nitrogens with zero attached hydrogens (tertiary/aromatic N) is 3. The zero-order valence-corrected chi connectivity index (χ0v) is 15.7. The summed E-state index contributed by atoms with van der Waals surface area (Å²) in [6.45, 7) is 3.86. The second-order valence-electron chi connectivity index (χ2n) is 6.52. The van der Waals surface area contributed by atoms with Crippen molar-refractivity contribution in [3.05, 3.63) is 70.6 Å². The molecule has 1 aliphatic heterocycles. The van der Waals surface area contributed by atoms with Crippen molar-refractivity contribution in [2.45, 2.75) is 20.3 Å². The molecule has 0 spiro atoms. The van der Waals surface area contributed by atoms with Crippen LogP contribution in [0.1, 0.15) is 23.2 Å². The Hall–Kier alpha value is -3.05. The number of hydrogen-bond acceptors (Lipinski definition) is 4. The summed E-state index contributed by atoms with van der Waals surface area (Å²) in [7, 11) is 0. The van der Waals surface area contributed by atoms with Gasteiger partial charge in [0.25, 0.3) is 0 Å². The van der Waals surface area contributed by atoms with Crippen molar-refractivity contribution in [1.82, 2.24) is 9.97 Å². The second-order valence-corrected chi connectivity index (χ2v) is 6.92. The number of carbonyl (C=O) groups is 1. The number of amides is 1. The molecule has 0 aliphatic carbocycles. The zero-order chi connectivity index (χ0) is 19.0. The van der Waals surface area contributed by atoms with Crippen molar-refractivity contribution in [3.8, 4) is 11.3 Å². The first-order valence-corrected chi connectivity index (χ1v) is 8.94. The largest absolute Gasteiger partial charge is 0.324 e. The fourth-order valence-corrected chi connectivity index (χ4v) is 3.19. The molecule has 0 atom stereocenters. The summed E-state index contributed by atoms with van der Waals surface area (Å²) in [5.41, 5.74) is 6.53. The highest BCUT2D eigenvalue weighted by atomic mass is 35.5. The lowest BCUT2D eigenvalue weighted by molar-refractivity contribution is -0.115. The van der Waals surface area contributed by atoms with Gasteiger partial charge in [0.15, 0.2) is 0 Å². The maximum atomic E-state index is 12.4. The van der Waals surface area contributed by atoms with E-state index in [1.54, 1.807) is 18.5 Å². The highest BCUT2D eigenvalue weighted by molar-refractivity contribution is 6.32. The third kappa shape index (κ3) is 3.59. The number of anilines is 1. The van der Waals surface area contributed by atoms with Gasteiger partial charge in [-0.1, -0.05) is 11.6 Å². The van der Waals surface area contributed by atoms with Gasteiger partial charge < -0.3 is 5.32 Å². The van der Waals surface area contributed by atoms with Crippen molar-refractivity contribution in [1.29, 1.82) is 0 Å². The Morgan fingerprint density at radius 2 is 1.78 bits per heavy atom. The molecule has 3 heterocycles. The van der Waals surface area contributed by atoms with Crippen molar-refractivity contribution in [2.24, 2.45) is 4.99 Å². The average molecular weight is 377 g/mol. The Kier molecular flexibility index (Phi) is 4.46. The fourth-order valence-electron chi connectivity index (χ4n) is 3.03. The number of aromatic nitrogens is 2. The molecule has 0 unspecified atom stereocenters. The number of benzene rings is 1. The van der Waals surface area contributed by atoms with E-state index in [0.29, 0.717) is 22.1 Å². The molecule has 2 aromatic heterocycles. The van der Waals surface area contributed by atoms with Crippen LogP contribution in [0.5, 0.6) is 0 Å². The van der Waals surface area contributed by atoms with Gasteiger partial charge in [-0.2, -0.15) is 0 Å². The molecule has 1 N–H and O–H groups in total. The molecular weight excluding hydrogens is 360 g/mol. The first kappa shape index (κ1) is 17.4. The van der Waals surface area contributed by atoms with Crippen LogP contribution in [-0.2, 0) is 4.79 Å². The molecule has 0 bridgehead atoms. The Balaban J connectivity index is 1.80. The molecule has 1 aromatic carbocycles. The Morgan fingerprint density at radius 1 is 1.00 bits per heavy atom. The monoisotopic (exact) mass is 376 g/mol. The summed E-state index contributed by atoms with van der Waals surface area (Å²) >= 11 is 6.19. The summed E-state index contributed by atoms with van der Waals surface area (Å²) in [5.74, 6) is -0.120. The molecular formula is C21H17ClN4O. The Bertz CT molecular complexity index is 1090. The summed E-state index contributed by atoms with van der Waals surface area (Å²) in [4.78, 5) is 25.8. The second kappa shape index (κ2) is 6.93. The highest BCUT2D eigenvalue weighted by Gasteiger charge is 2.19. The van der Waals surface area contributed by atoms with E-state index in [2.05, 4.69) is 15.3 Å². The topological polar surface area (TPSA) is 67.2 Å². The molecule has 0 radical (unpaired) electrons. The van der Waals surface area contributed by atoms with Crippen molar-refractivity contribution in [3.63, 3.8) is 0 Å². The highest BCUT2D eigenvalue weighted by Crippen LogP contribution is 2.34. The Labute approximate surface area is 162 Å². The molecule has 1 amide bonds. The van der Waals surface area contributed by atoms with E-state index in [1.807, 2.05) is 44.2 Å². The number of pyridine rings is 2. The first-order valence-electron chi connectivity index (χ1n) is 8.56. The van der Waals surface area contributed by atoms with E-state index in [1.165, 1.54) is 0 Å². The van der Waals surface area contributed by atoms with Crippen molar-refractivity contribution < 1.29 is 4.79 Å². The lowest BCUT2D eigenvalue weighted by Crippen LogP contribution is -2.15. The van der Waals surface area contributed by atoms with Crippen LogP contribution < -0.4 is 5.32 Å². The normalized spacial score (nSPS) is 13.4. The van der Waals surface area contributed by atoms with Crippen LogP contribution in [0.15, 0.2) is 53.8 Å². The lowest BCUT2D eigenvalue weighted by atomic mass is 10.0. The number of aliphatic imine (C=N–C) groups is 1. The predicted molar refractivity (Wildman–Crippen MR) is 108 cm³/mol. The molecule has 1 aliphatic rings. The van der Waals surface area contributed by atoms with Crippen molar-refractivity contribution in [2.75, 3.05) is 5.32 Å². The molecule has 0 fully saturated rings. The molecule has 0 saturated heterocycles. The van der Waals surface area contributed by atoms with E-state index in [9.17, 15) is 4.79 Å². The minimum absolute atomic E-state index is 0.120. The standard InChI is InChI=1S/C21H17ClN4O/c1-12-7-19-20(10-16(12)22)26-21(27)11-18(25-19)15-4-6-24-17(9-15)14-3-5-23-13(2)8-14/h3-10H,11H2,1-2H3,(H,26,27). The van der Waals surface area contributed by atoms with Crippen LogP contribution in [0.3, 0.4) is 0 Å². The lowest BCUT2D eigenvalue weighted by Gasteiger charge is -2.07. The number of aryl methyl sites for hydroxylation is 2. The molecule has 3 aromatic rings. The van der Waals surface area contributed by atoms with Crippen molar-refractivity contribution >= 4 is 34.6 Å². The molecule has 5 nitrogen and oxygen atoms in total. The maximum absolute atomic E-state index is 12.4. The number of carbonyl (C=O) groups excluding carboxylic acids is 1. The molecule has 0 saturated carbocycles. The fraction of sp³-hybridized carbons (Fsp3) is 0.143. The average Bonchev–Trinajstić information content (AvgIpc) is 2.80. The van der Waals surface area contributed by atoms with Crippen LogP contribution in [-0.4, -0.2) is 21.6 Å². The maximum Gasteiger partial charge on any atom is 0.230 e.